The van der Waals surface area contributed by atoms with E-state index in [-0.39, 0.29) is 0 Å². The van der Waals surface area contributed by atoms with E-state index in [4.69, 9.17) is 0 Å². The van der Waals surface area contributed by atoms with Gasteiger partial charge in [-0.05, 0) is 31.6 Å². The number of rotatable bonds is 6. The lowest BCUT2D eigenvalue weighted by molar-refractivity contribution is 0.0507. The van der Waals surface area contributed by atoms with Gasteiger partial charge in [-0.2, -0.15) is 5.10 Å². The molecule has 102 valence electrons. The predicted molar refractivity (Wildman–Crippen MR) is 72.1 cm³/mol. The van der Waals surface area contributed by atoms with Crippen molar-refractivity contribution < 1.29 is 5.11 Å². The van der Waals surface area contributed by atoms with Gasteiger partial charge in [0.2, 0.25) is 0 Å². The van der Waals surface area contributed by atoms with E-state index >= 15 is 0 Å². The van der Waals surface area contributed by atoms with Gasteiger partial charge >= 0.3 is 0 Å². The molecule has 2 atom stereocenters. The first-order chi connectivity index (χ1) is 8.40. The van der Waals surface area contributed by atoms with Gasteiger partial charge in [0.25, 0.3) is 0 Å². The Balaban J connectivity index is 1.95. The Hall–Kier alpha value is -0.870. The molecule has 0 radical (unpaired) electrons. The van der Waals surface area contributed by atoms with Crippen molar-refractivity contribution in [3.8, 4) is 0 Å². The minimum absolute atomic E-state index is 0.521. The van der Waals surface area contributed by atoms with E-state index in [1.807, 2.05) is 20.2 Å². The van der Waals surface area contributed by atoms with Crippen molar-refractivity contribution in [3.63, 3.8) is 0 Å². The molecule has 0 spiro atoms. The zero-order valence-electron chi connectivity index (χ0n) is 11.8. The summed E-state index contributed by atoms with van der Waals surface area (Å²) in [5, 5.41) is 18.2. The molecular weight excluding hydrogens is 226 g/mol. The quantitative estimate of drug-likeness (QED) is 0.808. The summed E-state index contributed by atoms with van der Waals surface area (Å²) < 4.78 is 1.73. The lowest BCUT2D eigenvalue weighted by atomic mass is 9.95. The zero-order valence-corrected chi connectivity index (χ0v) is 11.8. The van der Waals surface area contributed by atoms with Crippen LogP contribution in [0.1, 0.15) is 39.2 Å². The molecule has 0 amide bonds. The molecule has 0 aliphatic heterocycles. The molecule has 4 nitrogen and oxygen atoms in total. The van der Waals surface area contributed by atoms with Gasteiger partial charge in [0.05, 0.1) is 6.20 Å². The lowest BCUT2D eigenvalue weighted by Crippen LogP contribution is -2.44. The van der Waals surface area contributed by atoms with Gasteiger partial charge in [0.15, 0.2) is 0 Å². The molecule has 0 aromatic carbocycles. The number of hydrogen-bond acceptors (Lipinski definition) is 3. The number of aliphatic hydroxyl groups is 1. The molecule has 2 N–H and O–H groups in total. The molecule has 0 saturated heterocycles. The van der Waals surface area contributed by atoms with Gasteiger partial charge in [-0.3, -0.25) is 4.68 Å². The van der Waals surface area contributed by atoms with Gasteiger partial charge in [-0.15, -0.1) is 0 Å². The largest absolute Gasteiger partial charge is 0.384 e. The molecule has 2 rings (SSSR count). The molecule has 2 unspecified atom stereocenters. The molecule has 1 heterocycles. The average molecular weight is 251 g/mol. The highest BCUT2D eigenvalue weighted by atomic mass is 16.3. The summed E-state index contributed by atoms with van der Waals surface area (Å²) in [6.07, 6.45) is 6.27. The summed E-state index contributed by atoms with van der Waals surface area (Å²) in [5.41, 5.74) is 0.0202. The van der Waals surface area contributed by atoms with Crippen molar-refractivity contribution in [1.82, 2.24) is 15.1 Å². The maximum atomic E-state index is 10.5. The second-order valence-electron chi connectivity index (χ2n) is 6.16. The third-order valence-corrected chi connectivity index (χ3v) is 3.86. The molecule has 1 aromatic rings. The van der Waals surface area contributed by atoms with Crippen LogP contribution in [0.5, 0.6) is 0 Å². The molecule has 1 aromatic heterocycles. The van der Waals surface area contributed by atoms with Gasteiger partial charge in [-0.1, -0.05) is 13.8 Å². The van der Waals surface area contributed by atoms with Crippen LogP contribution in [0, 0.1) is 11.8 Å². The fourth-order valence-corrected chi connectivity index (χ4v) is 2.52. The number of nitrogens with one attached hydrogen (secondary N) is 1. The second-order valence-corrected chi connectivity index (χ2v) is 6.16. The van der Waals surface area contributed by atoms with Crippen molar-refractivity contribution in [2.75, 3.05) is 6.54 Å². The molecule has 0 bridgehead atoms. The summed E-state index contributed by atoms with van der Waals surface area (Å²) in [4.78, 5) is 0. The van der Waals surface area contributed by atoms with E-state index in [0.29, 0.717) is 18.5 Å². The third kappa shape index (κ3) is 3.12. The van der Waals surface area contributed by atoms with E-state index in [2.05, 4.69) is 24.3 Å². The zero-order chi connectivity index (χ0) is 13.3. The maximum Gasteiger partial charge on any atom is 0.102 e. The van der Waals surface area contributed by atoms with E-state index in [9.17, 15) is 5.11 Å². The van der Waals surface area contributed by atoms with Crippen molar-refractivity contribution in [2.24, 2.45) is 18.9 Å². The highest BCUT2D eigenvalue weighted by molar-refractivity contribution is 5.14. The summed E-state index contributed by atoms with van der Waals surface area (Å²) in [6.45, 7) is 6.92. The Morgan fingerprint density at radius 2 is 2.22 bits per heavy atom. The molecule has 1 aliphatic carbocycles. The third-order valence-electron chi connectivity index (χ3n) is 3.86. The highest BCUT2D eigenvalue weighted by Gasteiger charge is 2.34. The molecule has 1 fully saturated rings. The van der Waals surface area contributed by atoms with Crippen molar-refractivity contribution in [1.29, 1.82) is 0 Å². The lowest BCUT2D eigenvalue weighted by Gasteiger charge is -2.28. The van der Waals surface area contributed by atoms with Crippen LogP contribution in [0.4, 0.5) is 0 Å². The monoisotopic (exact) mass is 251 g/mol. The summed E-state index contributed by atoms with van der Waals surface area (Å²) in [5.74, 6) is 1.41. The molecule has 1 aliphatic rings. The molecule has 1 saturated carbocycles. The van der Waals surface area contributed by atoms with Crippen molar-refractivity contribution >= 4 is 0 Å². The Labute approximate surface area is 109 Å². The van der Waals surface area contributed by atoms with Crippen LogP contribution in [0.15, 0.2) is 12.4 Å². The van der Waals surface area contributed by atoms with Crippen molar-refractivity contribution in [2.45, 2.75) is 45.3 Å². The first-order valence-corrected chi connectivity index (χ1v) is 6.85. The Kier molecular flexibility index (Phi) is 3.78. The van der Waals surface area contributed by atoms with Gasteiger partial charge < -0.3 is 10.4 Å². The Bertz CT molecular complexity index is 391. The van der Waals surface area contributed by atoms with Gasteiger partial charge in [0.1, 0.15) is 5.60 Å². The van der Waals surface area contributed by atoms with Crippen LogP contribution < -0.4 is 5.32 Å². The van der Waals surface area contributed by atoms with Crippen LogP contribution in [0.2, 0.25) is 0 Å². The van der Waals surface area contributed by atoms with Gasteiger partial charge in [0, 0.05) is 31.4 Å². The average Bonchev–Trinajstić information content (AvgIpc) is 2.99. The molecule has 4 heteroatoms. The standard InChI is InChI=1S/C14H25N3O/c1-10(2)13(11-5-6-11)15-9-14(3,18)12-7-16-17(4)8-12/h7-8,10-11,13,15,18H,5-6,9H2,1-4H3. The topological polar surface area (TPSA) is 50.1 Å². The van der Waals surface area contributed by atoms with Gasteiger partial charge in [-0.25, -0.2) is 0 Å². The fraction of sp³-hybridized carbons (Fsp3) is 0.786. The second kappa shape index (κ2) is 5.02. The minimum atomic E-state index is -0.851. The number of aromatic nitrogens is 2. The Morgan fingerprint density at radius 1 is 1.56 bits per heavy atom. The van der Waals surface area contributed by atoms with E-state index < -0.39 is 5.60 Å². The van der Waals surface area contributed by atoms with Crippen LogP contribution in [0.3, 0.4) is 0 Å². The highest BCUT2D eigenvalue weighted by Crippen LogP contribution is 2.36. The summed E-state index contributed by atoms with van der Waals surface area (Å²) >= 11 is 0. The van der Waals surface area contributed by atoms with Crippen LogP contribution >= 0.6 is 0 Å². The normalized spacial score (nSPS) is 21.0. The van der Waals surface area contributed by atoms with Crippen molar-refractivity contribution in [3.05, 3.63) is 18.0 Å². The first kappa shape index (κ1) is 13.6. The maximum absolute atomic E-state index is 10.5. The minimum Gasteiger partial charge on any atom is -0.384 e. The van der Waals surface area contributed by atoms with Crippen LogP contribution in [0.25, 0.3) is 0 Å². The summed E-state index contributed by atoms with van der Waals surface area (Å²) in [7, 11) is 1.87. The van der Waals surface area contributed by atoms with Crippen LogP contribution in [-0.4, -0.2) is 27.5 Å². The van der Waals surface area contributed by atoms with E-state index in [1.54, 1.807) is 10.9 Å². The smallest absolute Gasteiger partial charge is 0.102 e. The molecule has 18 heavy (non-hydrogen) atoms. The predicted octanol–water partition coefficient (Wildman–Crippen LogP) is 1.65. The number of aryl methyl sites for hydroxylation is 1. The fourth-order valence-electron chi connectivity index (χ4n) is 2.52. The molecular formula is C14H25N3O. The number of nitrogens with zero attached hydrogens (tertiary/aromatic N) is 2. The van der Waals surface area contributed by atoms with E-state index in [1.165, 1.54) is 12.8 Å². The van der Waals surface area contributed by atoms with Crippen LogP contribution in [-0.2, 0) is 12.6 Å². The summed E-state index contributed by atoms with van der Waals surface area (Å²) in [6, 6.07) is 0.521. The SMILES string of the molecule is CC(C)C(NCC(C)(O)c1cnn(C)c1)C1CC1. The number of hydrogen-bond donors (Lipinski definition) is 2. The van der Waals surface area contributed by atoms with E-state index in [0.717, 1.165) is 11.5 Å². The Morgan fingerprint density at radius 3 is 2.67 bits per heavy atom. The first-order valence-electron chi connectivity index (χ1n) is 6.85.